The molecular weight excluding hydrogens is 739 g/mol. The number of carbonyl (C=O) groups is 6. The van der Waals surface area contributed by atoms with E-state index in [4.69, 9.17) is 5.73 Å². The molecule has 0 atom stereocenters. The second-order valence-corrected chi connectivity index (χ2v) is 13.6. The fraction of sp³-hybridized carbons (Fsp3) is 0.120. The van der Waals surface area contributed by atoms with E-state index in [-0.39, 0.29) is 54.0 Å². The third-order valence-corrected chi connectivity index (χ3v) is 8.79. The van der Waals surface area contributed by atoms with Gasteiger partial charge in [-0.3, -0.25) is 28.8 Å². The molecule has 9 heteroatoms. The Balaban J connectivity index is 0.000000196. The average molecular weight is 786 g/mol. The van der Waals surface area contributed by atoms with Crippen molar-refractivity contribution < 1.29 is 28.8 Å². The molecule has 9 nitrogen and oxygen atoms in total. The van der Waals surface area contributed by atoms with Crippen molar-refractivity contribution >= 4 is 51.8 Å². The van der Waals surface area contributed by atoms with Crippen molar-refractivity contribution in [3.63, 3.8) is 0 Å². The molecule has 298 valence electrons. The zero-order valence-electron chi connectivity index (χ0n) is 33.4. The van der Waals surface area contributed by atoms with Gasteiger partial charge >= 0.3 is 0 Å². The quantitative estimate of drug-likeness (QED) is 0.0591. The summed E-state index contributed by atoms with van der Waals surface area (Å²) in [4.78, 5) is 74.3. The Hall–Kier alpha value is -7.52. The van der Waals surface area contributed by atoms with Gasteiger partial charge in [0.2, 0.25) is 0 Å². The molecule has 0 aromatic heterocycles. The number of anilines is 3. The summed E-state index contributed by atoms with van der Waals surface area (Å²) in [7, 11) is 3.88. The molecule has 6 aromatic rings. The van der Waals surface area contributed by atoms with Gasteiger partial charge in [-0.05, 0) is 55.5 Å². The molecule has 59 heavy (non-hydrogen) atoms. The van der Waals surface area contributed by atoms with Crippen molar-refractivity contribution in [1.29, 1.82) is 0 Å². The number of hydrogen-bond donors (Lipinski definition) is 2. The van der Waals surface area contributed by atoms with Crippen molar-refractivity contribution in [1.82, 2.24) is 0 Å². The molecule has 0 unspecified atom stereocenters. The second-order valence-electron chi connectivity index (χ2n) is 13.6. The van der Waals surface area contributed by atoms with Gasteiger partial charge in [-0.15, -0.1) is 0 Å². The first-order valence-electron chi connectivity index (χ1n) is 18.8. The summed E-state index contributed by atoms with van der Waals surface area (Å²) in [5, 5.41) is 3.04. The predicted octanol–water partition coefficient (Wildman–Crippen LogP) is 10.0. The van der Waals surface area contributed by atoms with E-state index in [1.165, 1.54) is 0 Å². The molecule has 6 aromatic carbocycles. The normalized spacial score (nSPS) is 10.0. The van der Waals surface area contributed by atoms with Crippen LogP contribution in [-0.4, -0.2) is 48.8 Å². The minimum Gasteiger partial charge on any atom is -0.398 e. The molecule has 0 fully saturated rings. The first-order valence-corrected chi connectivity index (χ1v) is 18.8. The van der Waals surface area contributed by atoms with Crippen LogP contribution in [0.4, 0.5) is 17.1 Å². The van der Waals surface area contributed by atoms with Crippen molar-refractivity contribution in [2.24, 2.45) is 0 Å². The van der Waals surface area contributed by atoms with Crippen molar-refractivity contribution in [2.45, 2.75) is 26.2 Å². The van der Waals surface area contributed by atoms with Gasteiger partial charge in [0, 0.05) is 70.2 Å². The summed E-state index contributed by atoms with van der Waals surface area (Å²) in [6, 6.07) is 47.7. The minimum absolute atomic E-state index is 0.0919. The minimum atomic E-state index is -0.248. The first-order chi connectivity index (χ1) is 28.3. The monoisotopic (exact) mass is 785 g/mol. The van der Waals surface area contributed by atoms with E-state index in [1.807, 2.05) is 62.3 Å². The van der Waals surface area contributed by atoms with Crippen LogP contribution in [0.3, 0.4) is 0 Å². The number of para-hydroxylation sites is 2. The van der Waals surface area contributed by atoms with E-state index in [1.54, 1.807) is 127 Å². The number of hydrogen-bond acceptors (Lipinski definition) is 9. The van der Waals surface area contributed by atoms with Crippen LogP contribution in [0.25, 0.3) is 0 Å². The summed E-state index contributed by atoms with van der Waals surface area (Å²) in [5.41, 5.74) is 11.7. The number of nitrogen functional groups attached to an aromatic ring is 1. The lowest BCUT2D eigenvalue weighted by atomic mass is 10.0. The molecule has 0 saturated carbocycles. The Labute approximate surface area is 345 Å². The lowest BCUT2D eigenvalue weighted by molar-refractivity contribution is 0.0878. The molecular formula is C50H47N3O6. The molecule has 0 aliphatic heterocycles. The number of nitrogens with one attached hydrogen (secondary N) is 1. The number of nitrogens with two attached hydrogens (primary N) is 1. The van der Waals surface area contributed by atoms with Crippen LogP contribution in [0.1, 0.15) is 88.3 Å². The second kappa shape index (κ2) is 22.3. The van der Waals surface area contributed by atoms with Gasteiger partial charge in [-0.2, -0.15) is 0 Å². The van der Waals surface area contributed by atoms with Crippen LogP contribution >= 0.6 is 0 Å². The van der Waals surface area contributed by atoms with Crippen LogP contribution in [0, 0.1) is 0 Å². The highest BCUT2D eigenvalue weighted by molar-refractivity contribution is 6.16. The van der Waals surface area contributed by atoms with E-state index in [0.717, 1.165) is 11.4 Å². The standard InChI is InChI=1S/C18H17NO2.C17H17NO2.C15H13NO2/c1-13(2)19-16-11-7-6-10-15(16)18(21)12-17(20)14-8-4-3-5-9-14;1-18(2)15-10-8-14(9-11-15)17(20)12-16(19)13-6-4-3-5-7-13;16-13-9-5-4-8-12(13)15(18)10-14(17)11-6-2-1-3-7-11/h3-11,19H,1,12H2,2H3;3-11H,12H2,1-2H3;1-9H,10,16H2. The third-order valence-electron chi connectivity index (χ3n) is 8.79. The van der Waals surface area contributed by atoms with E-state index in [0.29, 0.717) is 44.8 Å². The lowest BCUT2D eigenvalue weighted by Crippen LogP contribution is -2.11. The fourth-order valence-corrected chi connectivity index (χ4v) is 5.67. The van der Waals surface area contributed by atoms with Crippen molar-refractivity contribution in [3.05, 3.63) is 209 Å². The van der Waals surface area contributed by atoms with Gasteiger partial charge < -0.3 is 16.0 Å². The highest BCUT2D eigenvalue weighted by atomic mass is 16.2. The highest BCUT2D eigenvalue weighted by Gasteiger charge is 2.17. The number of carbonyl (C=O) groups excluding carboxylic acids is 6. The fourth-order valence-electron chi connectivity index (χ4n) is 5.67. The smallest absolute Gasteiger partial charge is 0.172 e. The highest BCUT2D eigenvalue weighted by Crippen LogP contribution is 2.20. The zero-order valence-corrected chi connectivity index (χ0v) is 33.4. The number of allylic oxidation sites excluding steroid dienone is 1. The number of rotatable bonds is 15. The third kappa shape index (κ3) is 13.9. The summed E-state index contributed by atoms with van der Waals surface area (Å²) in [6.07, 6.45) is -0.386. The zero-order chi connectivity index (χ0) is 42.7. The van der Waals surface area contributed by atoms with Crippen LogP contribution < -0.4 is 16.0 Å². The van der Waals surface area contributed by atoms with E-state index < -0.39 is 0 Å². The topological polar surface area (TPSA) is 144 Å². The first kappa shape index (κ1) is 44.2. The Morgan fingerprint density at radius 2 is 0.797 bits per heavy atom. The lowest BCUT2D eigenvalue weighted by Gasteiger charge is -2.12. The molecule has 0 heterocycles. The van der Waals surface area contributed by atoms with Gasteiger partial charge in [0.25, 0.3) is 0 Å². The summed E-state index contributed by atoms with van der Waals surface area (Å²) >= 11 is 0. The number of Topliss-reactive ketones (excluding diaryl/α,β-unsaturated/α-hetero) is 6. The SMILES string of the molecule is C=C(C)Nc1ccccc1C(=O)CC(=O)c1ccccc1.CN(C)c1ccc(C(=O)CC(=O)c2ccccc2)cc1.Nc1ccccc1C(=O)CC(=O)c1ccccc1. The largest absolute Gasteiger partial charge is 0.398 e. The van der Waals surface area contributed by atoms with E-state index in [2.05, 4.69) is 11.9 Å². The molecule has 0 aliphatic carbocycles. The predicted molar refractivity (Wildman–Crippen MR) is 236 cm³/mol. The average Bonchev–Trinajstić information content (AvgIpc) is 3.25. The molecule has 6 rings (SSSR count). The summed E-state index contributed by atoms with van der Waals surface area (Å²) in [5.74, 6) is -1.11. The molecule has 0 saturated heterocycles. The van der Waals surface area contributed by atoms with Crippen molar-refractivity contribution in [3.8, 4) is 0 Å². The maximum absolute atomic E-state index is 12.3. The number of nitrogens with zero attached hydrogens (tertiary/aromatic N) is 1. The van der Waals surface area contributed by atoms with Crippen LogP contribution in [0.15, 0.2) is 176 Å². The molecule has 0 amide bonds. The Morgan fingerprint density at radius 3 is 1.20 bits per heavy atom. The maximum Gasteiger partial charge on any atom is 0.172 e. The molecule has 0 radical (unpaired) electrons. The van der Waals surface area contributed by atoms with Crippen LogP contribution in [-0.2, 0) is 0 Å². The molecule has 0 aliphatic rings. The van der Waals surface area contributed by atoms with Gasteiger partial charge in [0.1, 0.15) is 0 Å². The Kier molecular flexibility index (Phi) is 16.7. The van der Waals surface area contributed by atoms with Gasteiger partial charge in [0.15, 0.2) is 34.7 Å². The number of benzene rings is 6. The van der Waals surface area contributed by atoms with Crippen molar-refractivity contribution in [2.75, 3.05) is 30.0 Å². The van der Waals surface area contributed by atoms with E-state index in [9.17, 15) is 28.8 Å². The Morgan fingerprint density at radius 1 is 0.458 bits per heavy atom. The Bertz CT molecular complexity index is 2390. The molecule has 0 spiro atoms. The van der Waals surface area contributed by atoms with Gasteiger partial charge in [0.05, 0.1) is 19.3 Å². The number of ketones is 6. The molecule has 3 N–H and O–H groups in total. The molecule has 0 bridgehead atoms. The van der Waals surface area contributed by atoms with Gasteiger partial charge in [-0.1, -0.05) is 122 Å². The van der Waals surface area contributed by atoms with E-state index >= 15 is 0 Å². The summed E-state index contributed by atoms with van der Waals surface area (Å²) in [6.45, 7) is 5.59. The van der Waals surface area contributed by atoms with Crippen LogP contribution in [0.2, 0.25) is 0 Å². The van der Waals surface area contributed by atoms with Gasteiger partial charge in [-0.25, -0.2) is 0 Å². The van der Waals surface area contributed by atoms with Crippen LogP contribution in [0.5, 0.6) is 0 Å². The summed E-state index contributed by atoms with van der Waals surface area (Å²) < 4.78 is 0. The maximum atomic E-state index is 12.3.